The number of aliphatic hydroxyl groups excluding tert-OH is 1. The molecule has 7 rings (SSSR count). The molecule has 4 aromatic rings. The van der Waals surface area contributed by atoms with Gasteiger partial charge in [0, 0.05) is 25.7 Å². The fourth-order valence-corrected chi connectivity index (χ4v) is 8.88. The minimum absolute atomic E-state index is 0.128. The van der Waals surface area contributed by atoms with Crippen LogP contribution >= 0.6 is 11.8 Å². The van der Waals surface area contributed by atoms with E-state index in [1.807, 2.05) is 91.0 Å². The van der Waals surface area contributed by atoms with E-state index >= 15 is 0 Å². The van der Waals surface area contributed by atoms with Gasteiger partial charge in [0.15, 0.2) is 24.6 Å². The van der Waals surface area contributed by atoms with Crippen LogP contribution in [0.3, 0.4) is 0 Å². The van der Waals surface area contributed by atoms with E-state index in [9.17, 15) is 29.1 Å². The third-order valence-corrected chi connectivity index (χ3v) is 11.5. The molecule has 0 saturated carbocycles. The fourth-order valence-electron chi connectivity index (χ4n) is 7.68. The van der Waals surface area contributed by atoms with Gasteiger partial charge < -0.3 is 43.0 Å². The molecule has 1 N–H and O–H groups in total. The first-order chi connectivity index (χ1) is 30.0. The Bertz CT molecular complexity index is 2140. The van der Waals surface area contributed by atoms with Crippen LogP contribution < -0.4 is 0 Å². The molecule has 3 aliphatic rings. The van der Waals surface area contributed by atoms with Crippen molar-refractivity contribution in [3.8, 4) is 0 Å². The number of rotatable bonds is 16. The Labute approximate surface area is 362 Å². The fraction of sp³-hybridized carbons (Fsp3) is 0.370. The van der Waals surface area contributed by atoms with Crippen molar-refractivity contribution in [2.24, 2.45) is 0 Å². The molecule has 0 bridgehead atoms. The van der Waals surface area contributed by atoms with Crippen molar-refractivity contribution in [2.45, 2.75) is 99.4 Å². The van der Waals surface area contributed by atoms with Crippen molar-refractivity contribution in [2.75, 3.05) is 13.2 Å². The van der Waals surface area contributed by atoms with Gasteiger partial charge in [-0.25, -0.2) is 0 Å². The van der Waals surface area contributed by atoms with Gasteiger partial charge in [0.1, 0.15) is 35.9 Å². The number of amides is 2. The third kappa shape index (κ3) is 10.6. The lowest BCUT2D eigenvalue weighted by Crippen LogP contribution is -2.68. The van der Waals surface area contributed by atoms with Gasteiger partial charge in [-0.2, -0.15) is 0 Å². The molecule has 0 aliphatic carbocycles. The highest BCUT2D eigenvalue weighted by Gasteiger charge is 2.58. The van der Waals surface area contributed by atoms with E-state index in [-0.39, 0.29) is 37.6 Å². The summed E-state index contributed by atoms with van der Waals surface area (Å²) in [6.07, 6.45) is -11.5. The molecule has 3 heterocycles. The SMILES string of the molecule is CC(=O)O[C@H]1[C@@H](OC(C)=O)[C@@H](COCc2ccccc2)O[C@@H](O[C@H]2[C@H](O)[C@@H](N3C(=O)c4ccccc4C3=O)[C@H](Sc3ccccc3)O[C@@H]2COCc2ccccc2)[C@@H]1OC(C)=O. The third-order valence-electron chi connectivity index (χ3n) is 10.3. The molecule has 15 nitrogen and oxygen atoms in total. The molecule has 16 heteroatoms. The van der Waals surface area contributed by atoms with Crippen LogP contribution in [0.4, 0.5) is 0 Å². The van der Waals surface area contributed by atoms with E-state index in [4.69, 9.17) is 37.9 Å². The van der Waals surface area contributed by atoms with Crippen molar-refractivity contribution in [3.63, 3.8) is 0 Å². The highest BCUT2D eigenvalue weighted by atomic mass is 32.2. The summed E-state index contributed by atoms with van der Waals surface area (Å²) in [6, 6.07) is 32.8. The second-order valence-corrected chi connectivity index (χ2v) is 16.0. The Morgan fingerprint density at radius 1 is 0.597 bits per heavy atom. The summed E-state index contributed by atoms with van der Waals surface area (Å²) in [7, 11) is 0. The number of carbonyl (C=O) groups is 5. The molecule has 10 atom stereocenters. The number of nitrogens with zero attached hydrogens (tertiary/aromatic N) is 1. The van der Waals surface area contributed by atoms with Crippen LogP contribution in [-0.2, 0) is 65.5 Å². The molecule has 0 radical (unpaired) electrons. The lowest BCUT2D eigenvalue weighted by atomic mass is 9.95. The van der Waals surface area contributed by atoms with Crippen molar-refractivity contribution < 1.29 is 67.0 Å². The van der Waals surface area contributed by atoms with Crippen LogP contribution in [0, 0.1) is 0 Å². The monoisotopic (exact) mass is 869 g/mol. The summed E-state index contributed by atoms with van der Waals surface area (Å²) in [4.78, 5) is 67.9. The first kappa shape index (κ1) is 44.6. The van der Waals surface area contributed by atoms with Crippen LogP contribution in [0.1, 0.15) is 52.6 Å². The van der Waals surface area contributed by atoms with Gasteiger partial charge in [-0.15, -0.1) is 0 Å². The molecule has 62 heavy (non-hydrogen) atoms. The molecular formula is C46H47NO14S. The zero-order chi connectivity index (χ0) is 43.8. The molecular weight excluding hydrogens is 823 g/mol. The Morgan fingerprint density at radius 2 is 1.05 bits per heavy atom. The lowest BCUT2D eigenvalue weighted by Gasteiger charge is -2.49. The standard InChI is InChI=1S/C46H47NO14S/c1-27(48)56-40-36(26-55-24-31-17-9-5-10-18-31)59-45(42(58-29(3)50)41(40)57-28(2)49)61-39-35(25-54-23-30-15-7-4-8-16-30)60-46(62-32-19-11-6-12-20-32)37(38(39)51)47-43(52)33-21-13-14-22-34(33)44(47)53/h4-22,35-42,45-46,51H,23-26H2,1-3H3/t35-,36-,37-,38-,39-,40+,41+,42-,45+,46+/m1/s1. The predicted molar refractivity (Wildman–Crippen MR) is 220 cm³/mol. The molecule has 326 valence electrons. The minimum atomic E-state index is -1.69. The van der Waals surface area contributed by atoms with Crippen molar-refractivity contribution in [1.82, 2.24) is 4.90 Å². The summed E-state index contributed by atoms with van der Waals surface area (Å²) in [6.45, 7) is 3.31. The maximum Gasteiger partial charge on any atom is 0.303 e. The molecule has 0 unspecified atom stereocenters. The van der Waals surface area contributed by atoms with Gasteiger partial charge in [0.25, 0.3) is 11.8 Å². The topological polar surface area (TPSA) is 183 Å². The van der Waals surface area contributed by atoms with Gasteiger partial charge in [-0.3, -0.25) is 28.9 Å². The Balaban J connectivity index is 1.26. The molecule has 4 aromatic carbocycles. The summed E-state index contributed by atoms with van der Waals surface area (Å²) < 4.78 is 49.2. The van der Waals surface area contributed by atoms with Crippen LogP contribution in [0.15, 0.2) is 120 Å². The quantitative estimate of drug-likeness (QED) is 0.0914. The maximum absolute atomic E-state index is 14.1. The number of hydrogen-bond acceptors (Lipinski definition) is 15. The van der Waals surface area contributed by atoms with Crippen LogP contribution in [-0.4, -0.2) is 113 Å². The molecule has 3 aliphatic heterocycles. The molecule has 2 fully saturated rings. The molecule has 2 saturated heterocycles. The lowest BCUT2D eigenvalue weighted by molar-refractivity contribution is -0.339. The minimum Gasteiger partial charge on any atom is -0.456 e. The van der Waals surface area contributed by atoms with E-state index in [2.05, 4.69) is 0 Å². The Morgan fingerprint density at radius 3 is 1.56 bits per heavy atom. The Hall–Kier alpha value is -5.46. The number of thioether (sulfide) groups is 1. The van der Waals surface area contributed by atoms with E-state index < -0.39 is 90.2 Å². The van der Waals surface area contributed by atoms with Gasteiger partial charge >= 0.3 is 17.9 Å². The number of ether oxygens (including phenoxy) is 8. The zero-order valence-corrected chi connectivity index (χ0v) is 35.0. The number of aliphatic hydroxyl groups is 1. The highest BCUT2D eigenvalue weighted by Crippen LogP contribution is 2.41. The maximum atomic E-state index is 14.1. The molecule has 2 amide bonds. The molecule has 0 spiro atoms. The number of hydrogen-bond donors (Lipinski definition) is 1. The van der Waals surface area contributed by atoms with Crippen LogP contribution in [0.25, 0.3) is 0 Å². The summed E-state index contributed by atoms with van der Waals surface area (Å²) in [5.41, 5.74) is 0.937. The van der Waals surface area contributed by atoms with E-state index in [0.717, 1.165) is 41.7 Å². The Kier molecular flexibility index (Phi) is 14.8. The van der Waals surface area contributed by atoms with E-state index in [0.29, 0.717) is 0 Å². The number of carbonyl (C=O) groups excluding carboxylic acids is 5. The summed E-state index contributed by atoms with van der Waals surface area (Å²) in [5, 5.41) is 12.7. The number of fused-ring (bicyclic) bond motifs is 1. The van der Waals surface area contributed by atoms with Crippen molar-refractivity contribution in [3.05, 3.63) is 138 Å². The number of esters is 3. The summed E-state index contributed by atoms with van der Waals surface area (Å²) >= 11 is 1.19. The summed E-state index contributed by atoms with van der Waals surface area (Å²) in [5.74, 6) is -3.65. The van der Waals surface area contributed by atoms with Crippen molar-refractivity contribution >= 4 is 41.5 Å². The van der Waals surface area contributed by atoms with Crippen molar-refractivity contribution in [1.29, 1.82) is 0 Å². The van der Waals surface area contributed by atoms with E-state index in [1.165, 1.54) is 23.9 Å². The number of imide groups is 1. The first-order valence-corrected chi connectivity index (χ1v) is 20.9. The molecule has 0 aromatic heterocycles. The predicted octanol–water partition coefficient (Wildman–Crippen LogP) is 4.87. The zero-order valence-electron chi connectivity index (χ0n) is 34.2. The average Bonchev–Trinajstić information content (AvgIpc) is 3.50. The normalized spacial score (nSPS) is 27.0. The van der Waals surface area contributed by atoms with Gasteiger partial charge in [-0.1, -0.05) is 103 Å². The second kappa shape index (κ2) is 20.6. The van der Waals surface area contributed by atoms with Crippen LogP contribution in [0.2, 0.25) is 0 Å². The number of benzene rings is 4. The average molecular weight is 870 g/mol. The van der Waals surface area contributed by atoms with Crippen LogP contribution in [0.5, 0.6) is 0 Å². The highest BCUT2D eigenvalue weighted by molar-refractivity contribution is 7.99. The largest absolute Gasteiger partial charge is 0.456 e. The second-order valence-electron chi connectivity index (χ2n) is 14.8. The van der Waals surface area contributed by atoms with Gasteiger partial charge in [0.05, 0.1) is 37.6 Å². The van der Waals surface area contributed by atoms with Gasteiger partial charge in [-0.05, 0) is 35.4 Å². The smallest absolute Gasteiger partial charge is 0.303 e. The van der Waals surface area contributed by atoms with E-state index in [1.54, 1.807) is 12.1 Å². The first-order valence-electron chi connectivity index (χ1n) is 20.1. The van der Waals surface area contributed by atoms with Gasteiger partial charge in [0.2, 0.25) is 0 Å².